The van der Waals surface area contributed by atoms with Crippen LogP contribution in [-0.4, -0.2) is 36.3 Å². The van der Waals surface area contributed by atoms with Crippen LogP contribution in [0, 0.1) is 13.8 Å². The third kappa shape index (κ3) is 3.63. The number of esters is 1. The van der Waals surface area contributed by atoms with Crippen molar-refractivity contribution in [3.8, 4) is 11.5 Å². The molecule has 7 nitrogen and oxygen atoms in total. The zero-order valence-corrected chi connectivity index (χ0v) is 15.4. The molecule has 1 aliphatic heterocycles. The Morgan fingerprint density at radius 1 is 1.15 bits per heavy atom. The minimum Gasteiger partial charge on any atom is -0.486 e. The maximum atomic E-state index is 12.4. The number of benzene rings is 1. The number of amides is 1. The molecular formula is C20H22N2O5. The number of ether oxygens (including phenoxy) is 3. The summed E-state index contributed by atoms with van der Waals surface area (Å²) in [6.07, 6.45) is 2.28. The first-order valence-electron chi connectivity index (χ1n) is 9.08. The van der Waals surface area contributed by atoms with Gasteiger partial charge in [0, 0.05) is 29.2 Å². The molecule has 0 atom stereocenters. The van der Waals surface area contributed by atoms with Crippen molar-refractivity contribution in [2.24, 2.45) is 0 Å². The molecule has 2 aliphatic rings. The van der Waals surface area contributed by atoms with Gasteiger partial charge in [0.1, 0.15) is 13.2 Å². The Hall–Kier alpha value is -2.96. The summed E-state index contributed by atoms with van der Waals surface area (Å²) in [5.74, 6) is 0.351. The molecule has 27 heavy (non-hydrogen) atoms. The molecule has 2 aromatic rings. The van der Waals surface area contributed by atoms with Crippen molar-refractivity contribution in [1.29, 1.82) is 0 Å². The minimum absolute atomic E-state index is 0.347. The average Bonchev–Trinajstić information content (AvgIpc) is 3.44. The van der Waals surface area contributed by atoms with Crippen LogP contribution in [0.4, 0.5) is 5.69 Å². The van der Waals surface area contributed by atoms with Gasteiger partial charge in [-0.15, -0.1) is 0 Å². The Labute approximate surface area is 157 Å². The molecule has 4 rings (SSSR count). The van der Waals surface area contributed by atoms with Gasteiger partial charge < -0.3 is 24.1 Å². The van der Waals surface area contributed by atoms with Crippen molar-refractivity contribution in [3.63, 3.8) is 0 Å². The Bertz CT molecular complexity index is 898. The Balaban J connectivity index is 1.35. The molecular weight excluding hydrogens is 348 g/mol. The summed E-state index contributed by atoms with van der Waals surface area (Å²) < 4.78 is 18.3. The van der Waals surface area contributed by atoms with E-state index in [-0.39, 0.29) is 6.61 Å². The number of carbonyl (C=O) groups excluding carboxylic acids is 2. The van der Waals surface area contributed by atoms with E-state index in [4.69, 9.17) is 14.2 Å². The molecule has 0 spiro atoms. The topological polar surface area (TPSA) is 78.8 Å². The molecule has 2 heterocycles. The molecule has 0 radical (unpaired) electrons. The Morgan fingerprint density at radius 3 is 2.63 bits per heavy atom. The fourth-order valence-corrected chi connectivity index (χ4v) is 3.41. The van der Waals surface area contributed by atoms with Crippen LogP contribution in [0.5, 0.6) is 11.5 Å². The van der Waals surface area contributed by atoms with Gasteiger partial charge in [0.25, 0.3) is 5.91 Å². The summed E-state index contributed by atoms with van der Waals surface area (Å²) >= 11 is 0. The maximum Gasteiger partial charge on any atom is 0.340 e. The second-order valence-corrected chi connectivity index (χ2v) is 6.87. The van der Waals surface area contributed by atoms with Crippen molar-refractivity contribution >= 4 is 17.6 Å². The molecule has 7 heteroatoms. The van der Waals surface area contributed by atoms with E-state index >= 15 is 0 Å². The SMILES string of the molecule is Cc1cc(C(=O)OCC(=O)Nc2ccc3c(c2)OCCO3)c(C)n1C1CC1. The maximum absolute atomic E-state index is 12.4. The minimum atomic E-state index is -0.479. The summed E-state index contributed by atoms with van der Waals surface area (Å²) in [6.45, 7) is 4.53. The zero-order chi connectivity index (χ0) is 19.0. The van der Waals surface area contributed by atoms with Gasteiger partial charge in [0.05, 0.1) is 5.56 Å². The number of fused-ring (bicyclic) bond motifs is 1. The van der Waals surface area contributed by atoms with E-state index in [0.29, 0.717) is 42.0 Å². The van der Waals surface area contributed by atoms with Crippen LogP contribution in [0.3, 0.4) is 0 Å². The average molecular weight is 370 g/mol. The van der Waals surface area contributed by atoms with E-state index in [9.17, 15) is 9.59 Å². The molecule has 1 aromatic carbocycles. The largest absolute Gasteiger partial charge is 0.486 e. The first-order valence-corrected chi connectivity index (χ1v) is 9.08. The number of hydrogen-bond donors (Lipinski definition) is 1. The number of hydrogen-bond acceptors (Lipinski definition) is 5. The summed E-state index contributed by atoms with van der Waals surface area (Å²) in [6, 6.07) is 7.47. The molecule has 1 saturated carbocycles. The van der Waals surface area contributed by atoms with Crippen molar-refractivity contribution < 1.29 is 23.8 Å². The van der Waals surface area contributed by atoms with Crippen molar-refractivity contribution in [1.82, 2.24) is 4.57 Å². The second-order valence-electron chi connectivity index (χ2n) is 6.87. The number of carbonyl (C=O) groups is 2. The fraction of sp³-hybridized carbons (Fsp3) is 0.400. The van der Waals surface area contributed by atoms with Crippen LogP contribution in [-0.2, 0) is 9.53 Å². The normalized spacial score (nSPS) is 15.3. The Kier molecular flexibility index (Phi) is 4.51. The van der Waals surface area contributed by atoms with Crippen LogP contribution in [0.1, 0.15) is 40.6 Å². The smallest absolute Gasteiger partial charge is 0.340 e. The van der Waals surface area contributed by atoms with Gasteiger partial charge in [-0.25, -0.2) is 4.79 Å². The monoisotopic (exact) mass is 370 g/mol. The van der Waals surface area contributed by atoms with Gasteiger partial charge >= 0.3 is 5.97 Å². The van der Waals surface area contributed by atoms with Crippen LogP contribution in [0.2, 0.25) is 0 Å². The quantitative estimate of drug-likeness (QED) is 0.819. The number of anilines is 1. The lowest BCUT2D eigenvalue weighted by Gasteiger charge is -2.19. The van der Waals surface area contributed by atoms with Crippen LogP contribution in [0.25, 0.3) is 0 Å². The molecule has 0 saturated heterocycles. The first kappa shape index (κ1) is 17.5. The van der Waals surface area contributed by atoms with Crippen molar-refractivity contribution in [2.75, 3.05) is 25.1 Å². The van der Waals surface area contributed by atoms with E-state index < -0.39 is 11.9 Å². The van der Waals surface area contributed by atoms with Crippen LogP contribution < -0.4 is 14.8 Å². The number of nitrogens with one attached hydrogen (secondary N) is 1. The highest BCUT2D eigenvalue weighted by molar-refractivity contribution is 5.96. The predicted molar refractivity (Wildman–Crippen MR) is 98.5 cm³/mol. The molecule has 0 bridgehead atoms. The van der Waals surface area contributed by atoms with E-state index in [2.05, 4.69) is 9.88 Å². The second kappa shape index (κ2) is 6.98. The third-order valence-electron chi connectivity index (χ3n) is 4.78. The highest BCUT2D eigenvalue weighted by Crippen LogP contribution is 2.38. The van der Waals surface area contributed by atoms with E-state index in [1.165, 1.54) is 0 Å². The predicted octanol–water partition coefficient (Wildman–Crippen LogP) is 3.01. The van der Waals surface area contributed by atoms with Gasteiger partial charge in [-0.3, -0.25) is 4.79 Å². The van der Waals surface area contributed by atoms with Crippen molar-refractivity contribution in [2.45, 2.75) is 32.7 Å². The van der Waals surface area contributed by atoms with Gasteiger partial charge in [0.15, 0.2) is 18.1 Å². The molecule has 142 valence electrons. The van der Waals surface area contributed by atoms with Gasteiger partial charge in [0.2, 0.25) is 0 Å². The molecule has 1 fully saturated rings. The van der Waals surface area contributed by atoms with Crippen LogP contribution in [0.15, 0.2) is 24.3 Å². The molecule has 1 aliphatic carbocycles. The molecule has 1 amide bonds. The highest BCUT2D eigenvalue weighted by Gasteiger charge is 2.28. The molecule has 1 aromatic heterocycles. The summed E-state index contributed by atoms with van der Waals surface area (Å²) in [5, 5.41) is 2.70. The summed E-state index contributed by atoms with van der Waals surface area (Å²) in [4.78, 5) is 24.5. The standard InChI is InChI=1S/C20H22N2O5/c1-12-9-16(13(2)22(12)15-4-5-15)20(24)27-11-19(23)21-14-3-6-17-18(10-14)26-8-7-25-17/h3,6,9-10,15H,4-5,7-8,11H2,1-2H3,(H,21,23). The number of aryl methyl sites for hydroxylation is 1. The summed E-state index contributed by atoms with van der Waals surface area (Å²) in [7, 11) is 0. The van der Waals surface area contributed by atoms with Crippen molar-refractivity contribution in [3.05, 3.63) is 41.2 Å². The fourth-order valence-electron chi connectivity index (χ4n) is 3.41. The molecule has 1 N–H and O–H groups in total. The Morgan fingerprint density at radius 2 is 1.89 bits per heavy atom. The van der Waals surface area contributed by atoms with Crippen LogP contribution >= 0.6 is 0 Å². The lowest BCUT2D eigenvalue weighted by atomic mass is 10.2. The van der Waals surface area contributed by atoms with Gasteiger partial charge in [-0.1, -0.05) is 0 Å². The van der Waals surface area contributed by atoms with E-state index in [1.54, 1.807) is 18.2 Å². The summed E-state index contributed by atoms with van der Waals surface area (Å²) in [5.41, 5.74) is 3.02. The third-order valence-corrected chi connectivity index (χ3v) is 4.78. The number of nitrogens with zero attached hydrogens (tertiary/aromatic N) is 1. The van der Waals surface area contributed by atoms with Gasteiger partial charge in [-0.05, 0) is 44.9 Å². The number of aromatic nitrogens is 1. The lowest BCUT2D eigenvalue weighted by molar-refractivity contribution is -0.119. The van der Waals surface area contributed by atoms with E-state index in [1.807, 2.05) is 19.9 Å². The highest BCUT2D eigenvalue weighted by atomic mass is 16.6. The lowest BCUT2D eigenvalue weighted by Crippen LogP contribution is -2.21. The van der Waals surface area contributed by atoms with Gasteiger partial charge in [-0.2, -0.15) is 0 Å². The zero-order valence-electron chi connectivity index (χ0n) is 15.4. The molecule has 0 unspecified atom stereocenters. The van der Waals surface area contributed by atoms with E-state index in [0.717, 1.165) is 24.2 Å². The first-order chi connectivity index (χ1) is 13.0. The number of rotatable bonds is 5.